The molecule has 0 spiro atoms. The Kier molecular flexibility index (Phi) is 3.62. The molecule has 0 N–H and O–H groups in total. The smallest absolute Gasteiger partial charge is 0.325 e. The minimum atomic E-state index is -0.351. The van der Waals surface area contributed by atoms with E-state index >= 15 is 0 Å². The van der Waals surface area contributed by atoms with Crippen molar-refractivity contribution in [3.63, 3.8) is 0 Å². The van der Waals surface area contributed by atoms with Crippen LogP contribution in [0.1, 0.15) is 5.56 Å². The maximum Gasteiger partial charge on any atom is 0.325 e. The van der Waals surface area contributed by atoms with Crippen molar-refractivity contribution in [3.05, 3.63) is 36.0 Å². The zero-order chi connectivity index (χ0) is 13.8. The van der Waals surface area contributed by atoms with Crippen molar-refractivity contribution in [3.8, 4) is 6.07 Å². The Morgan fingerprint density at radius 2 is 2.26 bits per heavy atom. The summed E-state index contributed by atoms with van der Waals surface area (Å²) in [5.74, 6) is 0.246. The summed E-state index contributed by atoms with van der Waals surface area (Å²) in [4.78, 5) is 17.3. The van der Waals surface area contributed by atoms with Gasteiger partial charge in [0.25, 0.3) is 0 Å². The SMILES string of the molecule is COC(=O)CN(C)c1nccc2cccc(C#N)c12. The third-order valence-corrected chi connectivity index (χ3v) is 2.85. The van der Waals surface area contributed by atoms with Gasteiger partial charge in [-0.05, 0) is 17.5 Å². The van der Waals surface area contributed by atoms with Crippen molar-refractivity contribution in [2.75, 3.05) is 25.6 Å². The Morgan fingerprint density at radius 3 is 2.95 bits per heavy atom. The van der Waals surface area contributed by atoms with Crippen LogP contribution in [-0.2, 0) is 9.53 Å². The van der Waals surface area contributed by atoms with Crippen LogP contribution in [0.5, 0.6) is 0 Å². The van der Waals surface area contributed by atoms with Crippen molar-refractivity contribution in [1.82, 2.24) is 4.98 Å². The van der Waals surface area contributed by atoms with Gasteiger partial charge in [-0.2, -0.15) is 5.26 Å². The second-order valence-corrected chi connectivity index (χ2v) is 4.08. The zero-order valence-corrected chi connectivity index (χ0v) is 10.8. The third kappa shape index (κ3) is 2.47. The molecule has 0 saturated carbocycles. The fourth-order valence-corrected chi connectivity index (χ4v) is 1.93. The number of anilines is 1. The molecule has 0 radical (unpaired) electrons. The second kappa shape index (κ2) is 5.36. The number of hydrogen-bond donors (Lipinski definition) is 0. The first-order valence-corrected chi connectivity index (χ1v) is 5.73. The normalized spacial score (nSPS) is 9.95. The van der Waals surface area contributed by atoms with Crippen LogP contribution in [0.4, 0.5) is 5.82 Å². The van der Waals surface area contributed by atoms with Gasteiger partial charge >= 0.3 is 5.97 Å². The number of esters is 1. The van der Waals surface area contributed by atoms with Gasteiger partial charge in [0.15, 0.2) is 0 Å². The molecule has 0 amide bonds. The number of nitrogens with zero attached hydrogens (tertiary/aromatic N) is 3. The number of carbonyl (C=O) groups excluding carboxylic acids is 1. The monoisotopic (exact) mass is 255 g/mol. The van der Waals surface area contributed by atoms with Crippen molar-refractivity contribution < 1.29 is 9.53 Å². The molecule has 1 aromatic heterocycles. The van der Waals surface area contributed by atoms with Crippen molar-refractivity contribution in [2.24, 2.45) is 0 Å². The lowest BCUT2D eigenvalue weighted by atomic mass is 10.1. The number of ether oxygens (including phenoxy) is 1. The number of likely N-dealkylation sites (N-methyl/N-ethyl adjacent to an activating group) is 1. The Morgan fingerprint density at radius 1 is 1.47 bits per heavy atom. The summed E-state index contributed by atoms with van der Waals surface area (Å²) in [5, 5.41) is 10.8. The van der Waals surface area contributed by atoms with E-state index in [9.17, 15) is 10.1 Å². The summed E-state index contributed by atoms with van der Waals surface area (Å²) in [6.07, 6.45) is 1.66. The minimum Gasteiger partial charge on any atom is -0.468 e. The summed E-state index contributed by atoms with van der Waals surface area (Å²) >= 11 is 0. The third-order valence-electron chi connectivity index (χ3n) is 2.85. The van der Waals surface area contributed by atoms with Crippen molar-refractivity contribution in [1.29, 1.82) is 5.26 Å². The van der Waals surface area contributed by atoms with E-state index in [1.165, 1.54) is 7.11 Å². The van der Waals surface area contributed by atoms with Crippen LogP contribution in [0.15, 0.2) is 30.5 Å². The van der Waals surface area contributed by atoms with Gasteiger partial charge in [0.1, 0.15) is 12.4 Å². The maximum absolute atomic E-state index is 11.3. The predicted molar refractivity (Wildman–Crippen MR) is 71.7 cm³/mol. The average Bonchev–Trinajstić information content (AvgIpc) is 2.45. The lowest BCUT2D eigenvalue weighted by molar-refractivity contribution is -0.138. The first-order valence-electron chi connectivity index (χ1n) is 5.73. The molecule has 1 heterocycles. The molecule has 0 unspecified atom stereocenters. The molecule has 5 heteroatoms. The van der Waals surface area contributed by atoms with Crippen LogP contribution in [0, 0.1) is 11.3 Å². The molecule has 2 aromatic rings. The molecular weight excluding hydrogens is 242 g/mol. The molecular formula is C14H13N3O2. The first kappa shape index (κ1) is 12.8. The van der Waals surface area contributed by atoms with E-state index in [1.807, 2.05) is 18.2 Å². The van der Waals surface area contributed by atoms with Gasteiger partial charge < -0.3 is 9.64 Å². The lowest BCUT2D eigenvalue weighted by Crippen LogP contribution is -2.27. The highest BCUT2D eigenvalue weighted by molar-refractivity contribution is 5.97. The number of nitriles is 1. The van der Waals surface area contributed by atoms with Crippen LogP contribution in [0.2, 0.25) is 0 Å². The standard InChI is InChI=1S/C14H13N3O2/c1-17(9-12(18)19-2)14-13-10(6-7-16-14)4-3-5-11(13)8-15/h3-7H,9H2,1-2H3. The minimum absolute atomic E-state index is 0.0857. The summed E-state index contributed by atoms with van der Waals surface area (Å²) in [6, 6.07) is 9.46. The Hall–Kier alpha value is -2.61. The number of benzene rings is 1. The van der Waals surface area contributed by atoms with E-state index < -0.39 is 0 Å². The largest absolute Gasteiger partial charge is 0.468 e. The summed E-state index contributed by atoms with van der Waals surface area (Å²) in [6.45, 7) is 0.0857. The van der Waals surface area contributed by atoms with E-state index in [-0.39, 0.29) is 12.5 Å². The zero-order valence-electron chi connectivity index (χ0n) is 10.8. The highest BCUT2D eigenvalue weighted by Crippen LogP contribution is 2.26. The van der Waals surface area contributed by atoms with E-state index in [0.717, 1.165) is 10.8 Å². The van der Waals surface area contributed by atoms with Gasteiger partial charge in [-0.1, -0.05) is 12.1 Å². The van der Waals surface area contributed by atoms with Crippen LogP contribution in [-0.4, -0.2) is 31.7 Å². The molecule has 1 aromatic carbocycles. The van der Waals surface area contributed by atoms with Crippen LogP contribution >= 0.6 is 0 Å². The van der Waals surface area contributed by atoms with Gasteiger partial charge in [0, 0.05) is 18.6 Å². The summed E-state index contributed by atoms with van der Waals surface area (Å²) < 4.78 is 4.64. The number of hydrogen-bond acceptors (Lipinski definition) is 5. The highest BCUT2D eigenvalue weighted by Gasteiger charge is 2.14. The predicted octanol–water partition coefficient (Wildman–Crippen LogP) is 1.72. The summed E-state index contributed by atoms with van der Waals surface area (Å²) in [5.41, 5.74) is 0.539. The number of fused-ring (bicyclic) bond motifs is 1. The summed E-state index contributed by atoms with van der Waals surface area (Å²) in [7, 11) is 3.08. The fourth-order valence-electron chi connectivity index (χ4n) is 1.93. The number of aromatic nitrogens is 1. The highest BCUT2D eigenvalue weighted by atomic mass is 16.5. The van der Waals surface area contributed by atoms with E-state index in [0.29, 0.717) is 11.4 Å². The molecule has 0 aliphatic carbocycles. The first-order chi connectivity index (χ1) is 9.17. The number of rotatable bonds is 3. The lowest BCUT2D eigenvalue weighted by Gasteiger charge is -2.18. The molecule has 5 nitrogen and oxygen atoms in total. The Labute approximate surface area is 111 Å². The van der Waals surface area contributed by atoms with E-state index in [2.05, 4.69) is 15.8 Å². The molecule has 0 saturated heterocycles. The molecule has 0 bridgehead atoms. The molecule has 19 heavy (non-hydrogen) atoms. The van der Waals surface area contributed by atoms with Gasteiger partial charge in [0.05, 0.1) is 18.7 Å². The van der Waals surface area contributed by atoms with Gasteiger partial charge in [-0.3, -0.25) is 4.79 Å². The second-order valence-electron chi connectivity index (χ2n) is 4.08. The molecule has 2 rings (SSSR count). The van der Waals surface area contributed by atoms with Crippen molar-refractivity contribution in [2.45, 2.75) is 0 Å². The topological polar surface area (TPSA) is 66.2 Å². The average molecular weight is 255 g/mol. The number of carbonyl (C=O) groups is 1. The Bertz CT molecular complexity index is 656. The van der Waals surface area contributed by atoms with Crippen LogP contribution in [0.3, 0.4) is 0 Å². The van der Waals surface area contributed by atoms with Crippen LogP contribution < -0.4 is 4.90 Å². The quantitative estimate of drug-likeness (QED) is 0.781. The molecule has 0 aliphatic heterocycles. The fraction of sp³-hybridized carbons (Fsp3) is 0.214. The van der Waals surface area contributed by atoms with Crippen molar-refractivity contribution >= 4 is 22.6 Å². The van der Waals surface area contributed by atoms with Gasteiger partial charge in [-0.15, -0.1) is 0 Å². The number of pyridine rings is 1. The van der Waals surface area contributed by atoms with E-state index in [4.69, 9.17) is 0 Å². The molecule has 0 fully saturated rings. The Balaban J connectivity index is 2.54. The molecule has 96 valence electrons. The molecule has 0 atom stereocenters. The number of methoxy groups -OCH3 is 1. The van der Waals surface area contributed by atoms with Crippen LogP contribution in [0.25, 0.3) is 10.8 Å². The van der Waals surface area contributed by atoms with Gasteiger partial charge in [0.2, 0.25) is 0 Å². The van der Waals surface area contributed by atoms with Gasteiger partial charge in [-0.25, -0.2) is 4.98 Å². The maximum atomic E-state index is 11.3. The van der Waals surface area contributed by atoms with E-state index in [1.54, 1.807) is 24.2 Å². The molecule has 0 aliphatic rings.